The van der Waals surface area contributed by atoms with Crippen LogP contribution in [-0.2, 0) is 9.09 Å². The molecule has 0 spiro atoms. The monoisotopic (exact) mass is 488 g/mol. The average molecular weight is 489 g/mol. The maximum atomic E-state index is 12.7. The summed E-state index contributed by atoms with van der Waals surface area (Å²) < 4.78 is 18.6. The number of hydrogen-bond acceptors (Lipinski definition) is 2. The smallest absolute Gasteiger partial charge is 0.320 e. The minimum atomic E-state index is -3.56. The summed E-state index contributed by atoms with van der Waals surface area (Å²) in [6.45, 7) is 4.70. The van der Waals surface area contributed by atoms with Crippen LogP contribution < -0.4 is 0 Å². The lowest BCUT2D eigenvalue weighted by atomic mass is 10.0. The summed E-state index contributed by atoms with van der Waals surface area (Å²) >= 11 is 0. The fourth-order valence-electron chi connectivity index (χ4n) is 4.42. The molecule has 0 saturated heterocycles. The van der Waals surface area contributed by atoms with Crippen molar-refractivity contribution in [3.8, 4) is 0 Å². The second-order valence-corrected chi connectivity index (χ2v) is 12.8. The normalized spacial score (nSPS) is 15.2. The number of quaternary nitrogens is 1. The summed E-state index contributed by atoms with van der Waals surface area (Å²) in [7, 11) is 2.36. The van der Waals surface area contributed by atoms with Gasteiger partial charge in [-0.15, -0.1) is 0 Å². The highest BCUT2D eigenvalue weighted by Crippen LogP contribution is 2.51. The Bertz CT molecular complexity index is 502. The maximum Gasteiger partial charge on any atom is 0.385 e. The van der Waals surface area contributed by atoms with Gasteiger partial charge in [0.05, 0.1) is 27.7 Å². The largest absolute Gasteiger partial charge is 0.385 e. The van der Waals surface area contributed by atoms with Gasteiger partial charge in [0.25, 0.3) is 0 Å². The molecule has 198 valence electrons. The van der Waals surface area contributed by atoms with Crippen molar-refractivity contribution in [1.82, 2.24) is 0 Å². The van der Waals surface area contributed by atoms with Crippen LogP contribution in [0.1, 0.15) is 136 Å². The highest BCUT2D eigenvalue weighted by Gasteiger charge is 2.41. The molecule has 33 heavy (non-hydrogen) atoms. The van der Waals surface area contributed by atoms with E-state index >= 15 is 0 Å². The van der Waals surface area contributed by atoms with Crippen LogP contribution in [0.5, 0.6) is 0 Å². The maximum absolute atomic E-state index is 12.7. The molecule has 0 aromatic rings. The van der Waals surface area contributed by atoms with Crippen LogP contribution in [0, 0.1) is 0 Å². The Kier molecular flexibility index (Phi) is 21.1. The Morgan fingerprint density at radius 2 is 1.12 bits per heavy atom. The Labute approximate surface area is 207 Å². The van der Waals surface area contributed by atoms with Crippen molar-refractivity contribution < 1.29 is 18.5 Å². The first-order valence-corrected chi connectivity index (χ1v) is 15.8. The van der Waals surface area contributed by atoms with Gasteiger partial charge in [-0.2, -0.15) is 0 Å². The third kappa shape index (κ3) is 19.8. The standard InChI is InChI=1S/C28H58NO3P/c1-6-8-9-10-11-12-13-14-15-16-17-18-19-20-21-22-23-24-25-27-32-33(30,31)28(26-7-2)29(3,4)5/h9-10,28H,6-8,11-27H2,1-5H3/p+1/b10-9-. The van der Waals surface area contributed by atoms with Crippen LogP contribution in [-0.4, -0.2) is 42.9 Å². The summed E-state index contributed by atoms with van der Waals surface area (Å²) in [5.41, 5.74) is 0. The molecule has 0 aliphatic rings. The highest BCUT2D eigenvalue weighted by molar-refractivity contribution is 7.53. The van der Waals surface area contributed by atoms with Gasteiger partial charge in [0.2, 0.25) is 0 Å². The van der Waals surface area contributed by atoms with E-state index in [1.54, 1.807) is 0 Å². The Morgan fingerprint density at radius 3 is 1.55 bits per heavy atom. The second-order valence-electron chi connectivity index (χ2n) is 10.8. The van der Waals surface area contributed by atoms with Crippen molar-refractivity contribution in [3.05, 3.63) is 12.2 Å². The third-order valence-electron chi connectivity index (χ3n) is 6.48. The zero-order valence-electron chi connectivity index (χ0n) is 23.0. The fourth-order valence-corrected chi connectivity index (χ4v) is 6.44. The van der Waals surface area contributed by atoms with Crippen molar-refractivity contribution >= 4 is 7.60 Å². The van der Waals surface area contributed by atoms with Crippen LogP contribution in [0.3, 0.4) is 0 Å². The molecule has 0 aliphatic heterocycles. The molecule has 2 unspecified atom stereocenters. The minimum Gasteiger partial charge on any atom is -0.320 e. The van der Waals surface area contributed by atoms with E-state index in [2.05, 4.69) is 26.0 Å². The lowest BCUT2D eigenvalue weighted by Gasteiger charge is -2.35. The summed E-state index contributed by atoms with van der Waals surface area (Å²) in [6.07, 6.45) is 28.4. The summed E-state index contributed by atoms with van der Waals surface area (Å²) in [6, 6.07) is 0. The van der Waals surface area contributed by atoms with Gasteiger partial charge in [-0.05, 0) is 32.1 Å². The molecule has 0 amide bonds. The number of unbranched alkanes of at least 4 members (excludes halogenated alkanes) is 15. The molecule has 4 nitrogen and oxygen atoms in total. The molecule has 0 aliphatic carbocycles. The predicted molar refractivity (Wildman–Crippen MR) is 146 cm³/mol. The van der Waals surface area contributed by atoms with Crippen LogP contribution in [0.15, 0.2) is 12.2 Å². The van der Waals surface area contributed by atoms with Gasteiger partial charge in [-0.1, -0.05) is 109 Å². The molecule has 0 saturated carbocycles. The molecule has 0 radical (unpaired) electrons. The molecule has 1 N–H and O–H groups in total. The molecule has 0 bridgehead atoms. The van der Waals surface area contributed by atoms with E-state index in [9.17, 15) is 9.46 Å². The van der Waals surface area contributed by atoms with Gasteiger partial charge >= 0.3 is 7.60 Å². The van der Waals surface area contributed by atoms with Gasteiger partial charge in [0.15, 0.2) is 5.78 Å². The second kappa shape index (κ2) is 21.2. The molecular formula is C28H59NO3P+. The van der Waals surface area contributed by atoms with E-state index in [1.807, 2.05) is 21.1 Å². The lowest BCUT2D eigenvalue weighted by molar-refractivity contribution is -0.883. The van der Waals surface area contributed by atoms with Crippen molar-refractivity contribution in [2.24, 2.45) is 0 Å². The number of hydrogen-bond donors (Lipinski definition) is 1. The van der Waals surface area contributed by atoms with E-state index < -0.39 is 7.60 Å². The van der Waals surface area contributed by atoms with Crippen LogP contribution >= 0.6 is 7.60 Å². The molecule has 0 aromatic carbocycles. The van der Waals surface area contributed by atoms with E-state index in [1.165, 1.54) is 96.3 Å². The third-order valence-corrected chi connectivity index (χ3v) is 8.74. The topological polar surface area (TPSA) is 46.5 Å². The minimum absolute atomic E-state index is 0.333. The highest BCUT2D eigenvalue weighted by atomic mass is 31.2. The number of allylic oxidation sites excluding steroid dienone is 2. The summed E-state index contributed by atoms with van der Waals surface area (Å²) in [4.78, 5) is 10.4. The molecule has 0 fully saturated rings. The predicted octanol–water partition coefficient (Wildman–Crippen LogP) is 9.23. The Hall–Kier alpha value is -0.150. The van der Waals surface area contributed by atoms with Crippen LogP contribution in [0.25, 0.3) is 0 Å². The SMILES string of the molecule is CCC/C=C\CCCCCCCCCCCCCCCCOP(=O)(O)C(CCC)[N+](C)(C)C. The van der Waals surface area contributed by atoms with E-state index in [4.69, 9.17) is 4.52 Å². The van der Waals surface area contributed by atoms with E-state index in [0.29, 0.717) is 17.5 Å². The number of rotatable bonds is 24. The molecule has 0 heterocycles. The first-order valence-electron chi connectivity index (χ1n) is 14.2. The average Bonchev–Trinajstić information content (AvgIpc) is 2.75. The Morgan fingerprint density at radius 1 is 0.697 bits per heavy atom. The van der Waals surface area contributed by atoms with Crippen molar-refractivity contribution in [3.63, 3.8) is 0 Å². The van der Waals surface area contributed by atoms with Gasteiger partial charge in [-0.25, -0.2) is 0 Å². The van der Waals surface area contributed by atoms with Gasteiger partial charge in [0, 0.05) is 6.42 Å². The van der Waals surface area contributed by atoms with Gasteiger partial charge in [0.1, 0.15) is 0 Å². The molecular weight excluding hydrogens is 429 g/mol. The lowest BCUT2D eigenvalue weighted by Crippen LogP contribution is -2.45. The Balaban J connectivity index is 3.47. The zero-order chi connectivity index (χ0) is 24.8. The van der Waals surface area contributed by atoms with Gasteiger partial charge in [-0.3, -0.25) is 4.57 Å². The van der Waals surface area contributed by atoms with Crippen LogP contribution in [0.2, 0.25) is 0 Å². The first-order chi connectivity index (χ1) is 15.8. The summed E-state index contributed by atoms with van der Waals surface area (Å²) in [5.74, 6) is -0.333. The molecule has 5 heteroatoms. The molecule has 0 rings (SSSR count). The van der Waals surface area contributed by atoms with Crippen molar-refractivity contribution in [2.45, 2.75) is 142 Å². The summed E-state index contributed by atoms with van der Waals surface area (Å²) in [5, 5.41) is 0. The molecule has 0 aromatic heterocycles. The first kappa shape index (κ1) is 32.8. The zero-order valence-corrected chi connectivity index (χ0v) is 23.9. The van der Waals surface area contributed by atoms with Crippen LogP contribution in [0.4, 0.5) is 0 Å². The quantitative estimate of drug-likeness (QED) is 0.0637. The fraction of sp³-hybridized carbons (Fsp3) is 0.929. The molecule has 2 atom stereocenters. The van der Waals surface area contributed by atoms with Crippen molar-refractivity contribution in [2.75, 3.05) is 27.7 Å². The van der Waals surface area contributed by atoms with Gasteiger partial charge < -0.3 is 13.9 Å². The van der Waals surface area contributed by atoms with Crippen molar-refractivity contribution in [1.29, 1.82) is 0 Å². The van der Waals surface area contributed by atoms with E-state index in [0.717, 1.165) is 19.3 Å². The van der Waals surface area contributed by atoms with E-state index in [-0.39, 0.29) is 5.78 Å². The number of nitrogens with zero attached hydrogens (tertiary/aromatic N) is 1.